The zero-order valence-corrected chi connectivity index (χ0v) is 12.6. The largest absolute Gasteiger partial charge is 0.350 e. The molecule has 0 N–H and O–H groups in total. The van der Waals surface area contributed by atoms with Gasteiger partial charge in [0.25, 0.3) is 0 Å². The molecule has 18 heavy (non-hydrogen) atoms. The van der Waals surface area contributed by atoms with Gasteiger partial charge in [-0.1, -0.05) is 40.2 Å². The summed E-state index contributed by atoms with van der Waals surface area (Å²) in [5.41, 5.74) is 3.24. The summed E-state index contributed by atoms with van der Waals surface area (Å²) in [7, 11) is 0. The Balaban J connectivity index is 2.58. The average molecular weight is 246 g/mol. The SMILES string of the molecule is CC(C)C1=C(C(C)(C)C)C2=NC=CCN2C(C)C1. The van der Waals surface area contributed by atoms with E-state index >= 15 is 0 Å². The summed E-state index contributed by atoms with van der Waals surface area (Å²) in [6.07, 6.45) is 5.30. The predicted molar refractivity (Wildman–Crippen MR) is 78.7 cm³/mol. The molecule has 2 aliphatic heterocycles. The average Bonchev–Trinajstić information content (AvgIpc) is 2.27. The first kappa shape index (κ1) is 13.4. The highest BCUT2D eigenvalue weighted by Crippen LogP contribution is 2.40. The van der Waals surface area contributed by atoms with Crippen molar-refractivity contribution >= 4 is 5.84 Å². The van der Waals surface area contributed by atoms with Gasteiger partial charge in [0.05, 0.1) is 0 Å². The Morgan fingerprint density at radius 2 is 2.00 bits per heavy atom. The number of nitrogens with zero attached hydrogens (tertiary/aromatic N) is 2. The van der Waals surface area contributed by atoms with Crippen LogP contribution in [0.15, 0.2) is 28.4 Å². The van der Waals surface area contributed by atoms with E-state index in [1.165, 1.54) is 17.8 Å². The molecule has 1 atom stereocenters. The van der Waals surface area contributed by atoms with E-state index in [4.69, 9.17) is 0 Å². The summed E-state index contributed by atoms with van der Waals surface area (Å²) >= 11 is 0. The molecule has 0 bridgehead atoms. The van der Waals surface area contributed by atoms with Gasteiger partial charge in [0.1, 0.15) is 5.84 Å². The van der Waals surface area contributed by atoms with E-state index in [1.54, 1.807) is 5.57 Å². The lowest BCUT2D eigenvalue weighted by atomic mass is 9.75. The molecular formula is C16H26N2. The van der Waals surface area contributed by atoms with Crippen molar-refractivity contribution in [3.05, 3.63) is 23.4 Å². The normalized spacial score (nSPS) is 24.5. The number of rotatable bonds is 1. The Hall–Kier alpha value is -1.05. The first-order chi connectivity index (χ1) is 8.32. The van der Waals surface area contributed by atoms with E-state index in [-0.39, 0.29) is 5.41 Å². The lowest BCUT2D eigenvalue weighted by Gasteiger charge is -2.44. The Kier molecular flexibility index (Phi) is 3.39. The van der Waals surface area contributed by atoms with Gasteiger partial charge in [0, 0.05) is 18.8 Å². The summed E-state index contributed by atoms with van der Waals surface area (Å²) in [4.78, 5) is 7.14. The smallest absolute Gasteiger partial charge is 0.132 e. The number of fused-ring (bicyclic) bond motifs is 1. The van der Waals surface area contributed by atoms with E-state index in [0.717, 1.165) is 6.54 Å². The molecule has 2 nitrogen and oxygen atoms in total. The fourth-order valence-corrected chi connectivity index (χ4v) is 3.06. The molecule has 0 fully saturated rings. The van der Waals surface area contributed by atoms with Crippen LogP contribution in [0, 0.1) is 11.3 Å². The van der Waals surface area contributed by atoms with Crippen molar-refractivity contribution in [2.45, 2.75) is 54.0 Å². The molecule has 0 aromatic carbocycles. The van der Waals surface area contributed by atoms with Crippen LogP contribution < -0.4 is 0 Å². The predicted octanol–water partition coefficient (Wildman–Crippen LogP) is 4.01. The minimum Gasteiger partial charge on any atom is -0.350 e. The number of hydrogen-bond acceptors (Lipinski definition) is 2. The lowest BCUT2D eigenvalue weighted by molar-refractivity contribution is 0.319. The van der Waals surface area contributed by atoms with E-state index in [1.807, 2.05) is 6.20 Å². The Labute approximate surface area is 111 Å². The second kappa shape index (κ2) is 4.56. The quantitative estimate of drug-likeness (QED) is 0.682. The zero-order valence-electron chi connectivity index (χ0n) is 12.6. The highest BCUT2D eigenvalue weighted by Gasteiger charge is 2.36. The molecule has 0 saturated heterocycles. The van der Waals surface area contributed by atoms with Gasteiger partial charge >= 0.3 is 0 Å². The molecule has 0 radical (unpaired) electrons. The van der Waals surface area contributed by atoms with Gasteiger partial charge in [0.15, 0.2) is 0 Å². The van der Waals surface area contributed by atoms with Gasteiger partial charge in [0.2, 0.25) is 0 Å². The minimum atomic E-state index is 0.169. The van der Waals surface area contributed by atoms with Crippen LogP contribution in [0.2, 0.25) is 0 Å². The minimum absolute atomic E-state index is 0.169. The van der Waals surface area contributed by atoms with E-state index in [2.05, 4.69) is 57.5 Å². The maximum Gasteiger partial charge on any atom is 0.132 e. The van der Waals surface area contributed by atoms with Crippen LogP contribution >= 0.6 is 0 Å². The Morgan fingerprint density at radius 3 is 2.56 bits per heavy atom. The number of amidine groups is 1. The zero-order chi connectivity index (χ0) is 13.5. The van der Waals surface area contributed by atoms with Crippen molar-refractivity contribution in [3.63, 3.8) is 0 Å². The van der Waals surface area contributed by atoms with Crippen LogP contribution in [0.1, 0.15) is 48.0 Å². The van der Waals surface area contributed by atoms with Gasteiger partial charge in [-0.25, -0.2) is 4.99 Å². The fraction of sp³-hybridized carbons (Fsp3) is 0.688. The lowest BCUT2D eigenvalue weighted by Crippen LogP contribution is -2.47. The van der Waals surface area contributed by atoms with Crippen LogP contribution in [0.3, 0.4) is 0 Å². The summed E-state index contributed by atoms with van der Waals surface area (Å²) in [5, 5.41) is 0. The highest BCUT2D eigenvalue weighted by molar-refractivity contribution is 6.02. The molecule has 0 spiro atoms. The fourth-order valence-electron chi connectivity index (χ4n) is 3.06. The van der Waals surface area contributed by atoms with Crippen molar-refractivity contribution < 1.29 is 0 Å². The molecule has 2 heteroatoms. The van der Waals surface area contributed by atoms with Crippen LogP contribution in [-0.2, 0) is 0 Å². The maximum atomic E-state index is 4.69. The van der Waals surface area contributed by atoms with Gasteiger partial charge in [-0.05, 0) is 36.3 Å². The third-order valence-electron chi connectivity index (χ3n) is 3.92. The summed E-state index contributed by atoms with van der Waals surface area (Å²) < 4.78 is 0. The van der Waals surface area contributed by atoms with Gasteiger partial charge < -0.3 is 4.90 Å². The molecule has 2 heterocycles. The maximum absolute atomic E-state index is 4.69. The van der Waals surface area contributed by atoms with Crippen LogP contribution in [0.4, 0.5) is 0 Å². The molecule has 0 aromatic heterocycles. The molecule has 100 valence electrons. The van der Waals surface area contributed by atoms with Gasteiger partial charge in [-0.2, -0.15) is 0 Å². The Bertz CT molecular complexity index is 419. The molecule has 0 aromatic rings. The second-order valence-electron chi connectivity index (χ2n) is 6.85. The summed E-state index contributed by atoms with van der Waals surface area (Å²) in [5.74, 6) is 1.82. The number of aliphatic imine (C=N–C) groups is 1. The first-order valence-corrected chi connectivity index (χ1v) is 7.05. The summed E-state index contributed by atoms with van der Waals surface area (Å²) in [6, 6.07) is 0.567. The van der Waals surface area contributed by atoms with Gasteiger partial charge in [-0.15, -0.1) is 0 Å². The van der Waals surface area contributed by atoms with E-state index < -0.39 is 0 Å². The van der Waals surface area contributed by atoms with Crippen LogP contribution in [0.5, 0.6) is 0 Å². The van der Waals surface area contributed by atoms with Crippen molar-refractivity contribution in [2.24, 2.45) is 16.3 Å². The van der Waals surface area contributed by atoms with Crippen molar-refractivity contribution in [1.29, 1.82) is 0 Å². The monoisotopic (exact) mass is 246 g/mol. The number of hydrogen-bond donors (Lipinski definition) is 0. The van der Waals surface area contributed by atoms with Crippen LogP contribution in [-0.4, -0.2) is 23.3 Å². The first-order valence-electron chi connectivity index (χ1n) is 7.05. The van der Waals surface area contributed by atoms with Gasteiger partial charge in [-0.3, -0.25) is 0 Å². The van der Waals surface area contributed by atoms with E-state index in [9.17, 15) is 0 Å². The second-order valence-corrected chi connectivity index (χ2v) is 6.85. The molecular weight excluding hydrogens is 220 g/mol. The molecule has 0 amide bonds. The highest BCUT2D eigenvalue weighted by atomic mass is 15.2. The molecule has 0 aliphatic carbocycles. The van der Waals surface area contributed by atoms with Crippen molar-refractivity contribution in [3.8, 4) is 0 Å². The Morgan fingerprint density at radius 1 is 1.33 bits per heavy atom. The van der Waals surface area contributed by atoms with Crippen molar-refractivity contribution in [1.82, 2.24) is 4.90 Å². The molecule has 2 rings (SSSR count). The standard InChI is InChI=1S/C16H26N2/c1-11(2)13-10-12(3)18-9-7-8-17-15(18)14(13)16(4,5)6/h7-8,11-12H,9-10H2,1-6H3. The third-order valence-corrected chi connectivity index (χ3v) is 3.92. The van der Waals surface area contributed by atoms with Crippen molar-refractivity contribution in [2.75, 3.05) is 6.54 Å². The van der Waals surface area contributed by atoms with Crippen LogP contribution in [0.25, 0.3) is 0 Å². The molecule has 0 saturated carbocycles. The topological polar surface area (TPSA) is 15.6 Å². The van der Waals surface area contributed by atoms with E-state index in [0.29, 0.717) is 12.0 Å². The third kappa shape index (κ3) is 2.25. The molecule has 2 aliphatic rings. The molecule has 1 unspecified atom stereocenters. The summed E-state index contributed by atoms with van der Waals surface area (Å²) in [6.45, 7) is 14.9.